The van der Waals surface area contributed by atoms with Crippen molar-refractivity contribution in [2.45, 2.75) is 32.0 Å². The highest BCUT2D eigenvalue weighted by atomic mass is 35.5. The third-order valence-electron chi connectivity index (χ3n) is 5.53. The van der Waals surface area contributed by atoms with Crippen molar-refractivity contribution in [1.29, 1.82) is 0 Å². The maximum atomic E-state index is 14.0. The summed E-state index contributed by atoms with van der Waals surface area (Å²) in [7, 11) is 0. The summed E-state index contributed by atoms with van der Waals surface area (Å²) in [5.74, 6) is -1.35. The van der Waals surface area contributed by atoms with E-state index in [1.54, 1.807) is 24.3 Å². The van der Waals surface area contributed by atoms with Crippen LogP contribution >= 0.6 is 11.6 Å². The van der Waals surface area contributed by atoms with Gasteiger partial charge in [0.1, 0.15) is 18.1 Å². The second-order valence-electron chi connectivity index (χ2n) is 7.90. The van der Waals surface area contributed by atoms with Gasteiger partial charge in [-0.25, -0.2) is 4.39 Å². The Morgan fingerprint density at radius 2 is 2.03 bits per heavy atom. The SMILES string of the molecule is O=CNc1ccc2c(c1)c(C=O)nn2CC(=O)N(CC(=O)NCc1cccc(Cl)c1F)C1CC1. The van der Waals surface area contributed by atoms with Crippen molar-refractivity contribution in [3.8, 4) is 0 Å². The number of hydrogen-bond donors (Lipinski definition) is 2. The highest BCUT2D eigenvalue weighted by molar-refractivity contribution is 6.30. The maximum absolute atomic E-state index is 14.0. The first-order chi connectivity index (χ1) is 16.4. The van der Waals surface area contributed by atoms with Gasteiger partial charge >= 0.3 is 0 Å². The fourth-order valence-corrected chi connectivity index (χ4v) is 3.88. The summed E-state index contributed by atoms with van der Waals surface area (Å²) in [6.07, 6.45) is 2.66. The molecule has 0 saturated heterocycles. The average molecular weight is 486 g/mol. The normalized spacial score (nSPS) is 12.9. The van der Waals surface area contributed by atoms with Gasteiger partial charge in [0.05, 0.1) is 17.1 Å². The topological polar surface area (TPSA) is 113 Å². The van der Waals surface area contributed by atoms with Gasteiger partial charge in [0.25, 0.3) is 0 Å². The van der Waals surface area contributed by atoms with E-state index in [0.29, 0.717) is 29.3 Å². The molecule has 1 aliphatic rings. The minimum Gasteiger partial charge on any atom is -0.350 e. The number of carbonyl (C=O) groups excluding carboxylic acids is 4. The van der Waals surface area contributed by atoms with Crippen molar-refractivity contribution in [1.82, 2.24) is 20.0 Å². The molecule has 1 heterocycles. The molecule has 11 heteroatoms. The molecule has 3 amide bonds. The first kappa shape index (κ1) is 23.4. The van der Waals surface area contributed by atoms with Crippen LogP contribution in [0.1, 0.15) is 28.9 Å². The van der Waals surface area contributed by atoms with E-state index in [0.717, 1.165) is 12.8 Å². The zero-order chi connectivity index (χ0) is 24.2. The number of nitrogens with zero attached hydrogens (tertiary/aromatic N) is 3. The lowest BCUT2D eigenvalue weighted by atomic mass is 10.2. The van der Waals surface area contributed by atoms with Gasteiger partial charge in [0, 0.05) is 29.2 Å². The molecule has 3 aromatic rings. The molecule has 2 aromatic carbocycles. The van der Waals surface area contributed by atoms with Crippen molar-refractivity contribution < 1.29 is 23.6 Å². The van der Waals surface area contributed by atoms with Crippen molar-refractivity contribution in [2.24, 2.45) is 0 Å². The van der Waals surface area contributed by atoms with Crippen LogP contribution in [-0.4, -0.2) is 51.8 Å². The number of amides is 3. The molecule has 34 heavy (non-hydrogen) atoms. The van der Waals surface area contributed by atoms with Gasteiger partial charge in [-0.3, -0.25) is 23.9 Å². The molecule has 0 atom stereocenters. The Labute approximate surface area is 198 Å². The van der Waals surface area contributed by atoms with Gasteiger partial charge in [-0.05, 0) is 37.1 Å². The Balaban J connectivity index is 1.46. The lowest BCUT2D eigenvalue weighted by Crippen LogP contribution is -2.43. The number of carbonyl (C=O) groups is 4. The van der Waals surface area contributed by atoms with Crippen LogP contribution in [0.25, 0.3) is 10.9 Å². The summed E-state index contributed by atoms with van der Waals surface area (Å²) in [4.78, 5) is 49.2. The van der Waals surface area contributed by atoms with E-state index in [4.69, 9.17) is 11.6 Å². The van der Waals surface area contributed by atoms with Crippen LogP contribution in [0.15, 0.2) is 36.4 Å². The van der Waals surface area contributed by atoms with E-state index in [-0.39, 0.29) is 47.9 Å². The Kier molecular flexibility index (Phi) is 6.87. The Morgan fingerprint density at radius 1 is 1.24 bits per heavy atom. The highest BCUT2D eigenvalue weighted by Gasteiger charge is 2.34. The van der Waals surface area contributed by atoms with Crippen LogP contribution in [0.5, 0.6) is 0 Å². The molecular weight excluding hydrogens is 465 g/mol. The third kappa shape index (κ3) is 5.07. The summed E-state index contributed by atoms with van der Waals surface area (Å²) >= 11 is 5.77. The predicted molar refractivity (Wildman–Crippen MR) is 123 cm³/mol. The highest BCUT2D eigenvalue weighted by Crippen LogP contribution is 2.28. The lowest BCUT2D eigenvalue weighted by Gasteiger charge is -2.22. The zero-order valence-corrected chi connectivity index (χ0v) is 18.7. The molecule has 2 N–H and O–H groups in total. The molecule has 4 rings (SSSR count). The minimum atomic E-state index is -0.595. The largest absolute Gasteiger partial charge is 0.350 e. The number of fused-ring (bicyclic) bond motifs is 1. The molecule has 0 radical (unpaired) electrons. The standard InChI is InChI=1S/C23H21ClFN5O4/c24-18-3-1-2-14(23(18)25)9-26-21(33)10-29(16-5-6-16)22(34)11-30-20-7-4-15(27-13-32)8-17(20)19(12-31)28-30/h1-4,7-8,12-13,16H,5-6,9-11H2,(H,26,33)(H,27,32). The van der Waals surface area contributed by atoms with E-state index in [9.17, 15) is 23.6 Å². The average Bonchev–Trinajstić information content (AvgIpc) is 3.61. The number of aromatic nitrogens is 2. The first-order valence-electron chi connectivity index (χ1n) is 10.6. The fraction of sp³-hybridized carbons (Fsp3) is 0.261. The molecule has 0 aliphatic heterocycles. The van der Waals surface area contributed by atoms with Gasteiger partial charge in [-0.15, -0.1) is 0 Å². The second kappa shape index (κ2) is 10.0. The second-order valence-corrected chi connectivity index (χ2v) is 8.30. The molecule has 1 aliphatic carbocycles. The van der Waals surface area contributed by atoms with Crippen LogP contribution in [0, 0.1) is 5.82 Å². The van der Waals surface area contributed by atoms with Crippen molar-refractivity contribution in [2.75, 3.05) is 11.9 Å². The third-order valence-corrected chi connectivity index (χ3v) is 5.82. The van der Waals surface area contributed by atoms with Gasteiger partial charge in [0.15, 0.2) is 6.29 Å². The molecule has 0 bridgehead atoms. The van der Waals surface area contributed by atoms with Gasteiger partial charge < -0.3 is 15.5 Å². The molecule has 0 spiro atoms. The molecular formula is C23H21ClFN5O4. The summed E-state index contributed by atoms with van der Waals surface area (Å²) in [5.41, 5.74) is 1.42. The smallest absolute Gasteiger partial charge is 0.245 e. The summed E-state index contributed by atoms with van der Waals surface area (Å²) in [6, 6.07) is 9.36. The summed E-state index contributed by atoms with van der Waals surface area (Å²) in [6.45, 7) is -0.405. The number of anilines is 1. The minimum absolute atomic E-state index is 0.0308. The molecule has 1 saturated carbocycles. The van der Waals surface area contributed by atoms with Crippen molar-refractivity contribution >= 4 is 52.7 Å². The lowest BCUT2D eigenvalue weighted by molar-refractivity contribution is -0.137. The van der Waals surface area contributed by atoms with Crippen LogP contribution < -0.4 is 10.6 Å². The molecule has 176 valence electrons. The van der Waals surface area contributed by atoms with Gasteiger partial charge in [0.2, 0.25) is 18.2 Å². The number of hydrogen-bond acceptors (Lipinski definition) is 5. The van der Waals surface area contributed by atoms with E-state index >= 15 is 0 Å². The Morgan fingerprint density at radius 3 is 2.74 bits per heavy atom. The Hall–Kier alpha value is -3.79. The zero-order valence-electron chi connectivity index (χ0n) is 18.0. The van der Waals surface area contributed by atoms with Crippen molar-refractivity contribution in [3.63, 3.8) is 0 Å². The quantitative estimate of drug-likeness (QED) is 0.428. The van der Waals surface area contributed by atoms with Crippen molar-refractivity contribution in [3.05, 3.63) is 58.5 Å². The summed E-state index contributed by atoms with van der Waals surface area (Å²) in [5, 5.41) is 9.81. The fourth-order valence-electron chi connectivity index (χ4n) is 3.68. The van der Waals surface area contributed by atoms with E-state index in [1.165, 1.54) is 21.7 Å². The monoisotopic (exact) mass is 485 g/mol. The Bertz CT molecular complexity index is 1270. The van der Waals surface area contributed by atoms with Crippen LogP contribution in [-0.2, 0) is 27.5 Å². The van der Waals surface area contributed by atoms with E-state index in [2.05, 4.69) is 15.7 Å². The molecule has 1 fully saturated rings. The van der Waals surface area contributed by atoms with E-state index < -0.39 is 11.7 Å². The van der Waals surface area contributed by atoms with Crippen LogP contribution in [0.2, 0.25) is 5.02 Å². The number of nitrogens with one attached hydrogen (secondary N) is 2. The maximum Gasteiger partial charge on any atom is 0.245 e. The molecule has 9 nitrogen and oxygen atoms in total. The number of benzene rings is 2. The van der Waals surface area contributed by atoms with Crippen LogP contribution in [0.3, 0.4) is 0 Å². The van der Waals surface area contributed by atoms with Gasteiger partial charge in [-0.2, -0.15) is 5.10 Å². The predicted octanol–water partition coefficient (Wildman–Crippen LogP) is 2.52. The number of halogens is 2. The number of aldehydes is 1. The number of rotatable bonds is 10. The molecule has 1 aromatic heterocycles. The summed E-state index contributed by atoms with van der Waals surface area (Å²) < 4.78 is 15.5. The van der Waals surface area contributed by atoms with Crippen LogP contribution in [0.4, 0.5) is 10.1 Å². The molecule has 0 unspecified atom stereocenters. The van der Waals surface area contributed by atoms with E-state index in [1.807, 2.05) is 0 Å². The first-order valence-corrected chi connectivity index (χ1v) is 10.9. The van der Waals surface area contributed by atoms with Gasteiger partial charge in [-0.1, -0.05) is 23.7 Å².